The first-order chi connectivity index (χ1) is 10.1. The minimum absolute atomic E-state index is 0.0613. The number of hydrogen-bond acceptors (Lipinski definition) is 3. The largest absolute Gasteiger partial charge is 0.497 e. The van der Waals surface area contributed by atoms with Crippen LogP contribution in [0.15, 0.2) is 29.8 Å². The molecule has 3 unspecified atom stereocenters. The first-order valence-corrected chi connectivity index (χ1v) is 7.84. The van der Waals surface area contributed by atoms with E-state index in [0.29, 0.717) is 11.8 Å². The lowest BCUT2D eigenvalue weighted by Gasteiger charge is -2.38. The summed E-state index contributed by atoms with van der Waals surface area (Å²) in [6.45, 7) is 4.51. The van der Waals surface area contributed by atoms with Gasteiger partial charge in [-0.1, -0.05) is 24.6 Å². The molecule has 2 N–H and O–H groups in total. The SMILES string of the molecule is COc1ccc2c(c1)OC(C1CC(C)=CC(C)C1)C[C@@H]2N. The van der Waals surface area contributed by atoms with Crippen molar-refractivity contribution < 1.29 is 9.47 Å². The van der Waals surface area contributed by atoms with E-state index in [1.165, 1.54) is 12.0 Å². The highest BCUT2D eigenvalue weighted by molar-refractivity contribution is 5.44. The van der Waals surface area contributed by atoms with Crippen molar-refractivity contribution in [1.82, 2.24) is 0 Å². The summed E-state index contributed by atoms with van der Waals surface area (Å²) < 4.78 is 11.6. The van der Waals surface area contributed by atoms with Crippen molar-refractivity contribution in [3.05, 3.63) is 35.4 Å². The Balaban J connectivity index is 1.82. The summed E-state index contributed by atoms with van der Waals surface area (Å²) in [5.74, 6) is 2.93. The van der Waals surface area contributed by atoms with Crippen molar-refractivity contribution in [3.8, 4) is 11.5 Å². The molecule has 1 aliphatic carbocycles. The van der Waals surface area contributed by atoms with Crippen LogP contribution < -0.4 is 15.2 Å². The number of benzene rings is 1. The summed E-state index contributed by atoms with van der Waals surface area (Å²) in [4.78, 5) is 0. The topological polar surface area (TPSA) is 44.5 Å². The number of nitrogens with two attached hydrogens (primary N) is 1. The molecule has 0 saturated heterocycles. The summed E-state index contributed by atoms with van der Waals surface area (Å²) >= 11 is 0. The van der Waals surface area contributed by atoms with E-state index in [1.54, 1.807) is 7.11 Å². The van der Waals surface area contributed by atoms with Gasteiger partial charge < -0.3 is 15.2 Å². The molecule has 0 aromatic heterocycles. The second-order valence-electron chi connectivity index (χ2n) is 6.59. The molecule has 0 saturated carbocycles. The highest BCUT2D eigenvalue weighted by Gasteiger charge is 2.34. The van der Waals surface area contributed by atoms with Crippen LogP contribution in [0.5, 0.6) is 11.5 Å². The Kier molecular flexibility index (Phi) is 3.94. The van der Waals surface area contributed by atoms with Crippen molar-refractivity contribution >= 4 is 0 Å². The molecule has 1 aromatic carbocycles. The third-order valence-corrected chi connectivity index (χ3v) is 4.74. The molecule has 114 valence electrons. The molecule has 4 atom stereocenters. The number of methoxy groups -OCH3 is 1. The van der Waals surface area contributed by atoms with Gasteiger partial charge in [-0.3, -0.25) is 0 Å². The Morgan fingerprint density at radius 3 is 2.81 bits per heavy atom. The number of fused-ring (bicyclic) bond motifs is 1. The van der Waals surface area contributed by atoms with Gasteiger partial charge in [0.25, 0.3) is 0 Å². The van der Waals surface area contributed by atoms with Crippen LogP contribution in [0.1, 0.15) is 44.7 Å². The van der Waals surface area contributed by atoms with Gasteiger partial charge in [-0.15, -0.1) is 0 Å². The smallest absolute Gasteiger partial charge is 0.128 e. The zero-order chi connectivity index (χ0) is 15.0. The molecule has 1 heterocycles. The molecule has 21 heavy (non-hydrogen) atoms. The van der Waals surface area contributed by atoms with Gasteiger partial charge in [-0.2, -0.15) is 0 Å². The Morgan fingerprint density at radius 2 is 2.10 bits per heavy atom. The van der Waals surface area contributed by atoms with Crippen molar-refractivity contribution in [2.75, 3.05) is 7.11 Å². The van der Waals surface area contributed by atoms with Crippen LogP contribution >= 0.6 is 0 Å². The van der Waals surface area contributed by atoms with E-state index in [1.807, 2.05) is 18.2 Å². The zero-order valence-electron chi connectivity index (χ0n) is 13.1. The van der Waals surface area contributed by atoms with Gasteiger partial charge in [0.2, 0.25) is 0 Å². The summed E-state index contributed by atoms with van der Waals surface area (Å²) in [6.07, 6.45) is 5.82. The van der Waals surface area contributed by atoms with Gasteiger partial charge in [-0.25, -0.2) is 0 Å². The standard InChI is InChI=1S/C18H25NO2/c1-11-6-12(2)8-13(7-11)17-10-16(19)15-5-4-14(20-3)9-18(15)21-17/h4-6,9,11,13,16-17H,7-8,10,19H2,1-3H3/t11?,13?,16-,17?/m0/s1. The molecule has 3 heteroatoms. The van der Waals surface area contributed by atoms with E-state index in [2.05, 4.69) is 19.9 Å². The fraction of sp³-hybridized carbons (Fsp3) is 0.556. The predicted molar refractivity (Wildman–Crippen MR) is 84.6 cm³/mol. The van der Waals surface area contributed by atoms with Crippen molar-refractivity contribution in [3.63, 3.8) is 0 Å². The monoisotopic (exact) mass is 287 g/mol. The number of allylic oxidation sites excluding steroid dienone is 2. The number of rotatable bonds is 2. The second kappa shape index (κ2) is 5.72. The summed E-state index contributed by atoms with van der Waals surface area (Å²) in [5, 5.41) is 0. The lowest BCUT2D eigenvalue weighted by atomic mass is 9.78. The minimum Gasteiger partial charge on any atom is -0.497 e. The molecule has 2 aliphatic rings. The van der Waals surface area contributed by atoms with E-state index < -0.39 is 0 Å². The Bertz CT molecular complexity index is 552. The first-order valence-electron chi connectivity index (χ1n) is 7.84. The molecule has 0 radical (unpaired) electrons. The first kappa shape index (κ1) is 14.5. The second-order valence-corrected chi connectivity index (χ2v) is 6.59. The van der Waals surface area contributed by atoms with Crippen LogP contribution in [-0.4, -0.2) is 13.2 Å². The molecule has 1 aromatic rings. The quantitative estimate of drug-likeness (QED) is 0.841. The number of hydrogen-bond donors (Lipinski definition) is 1. The lowest BCUT2D eigenvalue weighted by molar-refractivity contribution is 0.0855. The van der Waals surface area contributed by atoms with E-state index >= 15 is 0 Å². The van der Waals surface area contributed by atoms with Crippen molar-refractivity contribution in [1.29, 1.82) is 0 Å². The highest BCUT2D eigenvalue weighted by Crippen LogP contribution is 2.41. The fourth-order valence-corrected chi connectivity index (χ4v) is 3.81. The van der Waals surface area contributed by atoms with Crippen LogP contribution in [0.4, 0.5) is 0 Å². The normalized spacial score (nSPS) is 31.9. The third kappa shape index (κ3) is 2.93. The Morgan fingerprint density at radius 1 is 1.29 bits per heavy atom. The maximum Gasteiger partial charge on any atom is 0.128 e. The van der Waals surface area contributed by atoms with Gasteiger partial charge in [0, 0.05) is 30.0 Å². The molecule has 0 fully saturated rings. The Labute approximate surface area is 127 Å². The average Bonchev–Trinajstić information content (AvgIpc) is 2.45. The van der Waals surface area contributed by atoms with Crippen molar-refractivity contribution in [2.45, 2.75) is 45.3 Å². The molecule has 0 spiro atoms. The van der Waals surface area contributed by atoms with Crippen LogP contribution in [-0.2, 0) is 0 Å². The molecule has 3 rings (SSSR count). The minimum atomic E-state index is 0.0613. The van der Waals surface area contributed by atoms with Gasteiger partial charge in [0.05, 0.1) is 7.11 Å². The maximum atomic E-state index is 6.37. The van der Waals surface area contributed by atoms with Crippen LogP contribution in [0.2, 0.25) is 0 Å². The van der Waals surface area contributed by atoms with Crippen molar-refractivity contribution in [2.24, 2.45) is 17.6 Å². The average molecular weight is 287 g/mol. The zero-order valence-corrected chi connectivity index (χ0v) is 13.1. The molecule has 1 aliphatic heterocycles. The maximum absolute atomic E-state index is 6.37. The predicted octanol–water partition coefficient (Wildman–Crippen LogP) is 3.84. The van der Waals surface area contributed by atoms with Gasteiger partial charge >= 0.3 is 0 Å². The summed E-state index contributed by atoms with van der Waals surface area (Å²) in [6, 6.07) is 6.02. The number of ether oxygens (including phenoxy) is 2. The molecule has 0 amide bonds. The van der Waals surface area contributed by atoms with E-state index in [4.69, 9.17) is 15.2 Å². The van der Waals surface area contributed by atoms with Gasteiger partial charge in [0.15, 0.2) is 0 Å². The van der Waals surface area contributed by atoms with Gasteiger partial charge in [0.1, 0.15) is 17.6 Å². The molecule has 0 bridgehead atoms. The highest BCUT2D eigenvalue weighted by atomic mass is 16.5. The van der Waals surface area contributed by atoms with Crippen LogP contribution in [0.3, 0.4) is 0 Å². The Hall–Kier alpha value is -1.48. The fourth-order valence-electron chi connectivity index (χ4n) is 3.81. The van der Waals surface area contributed by atoms with E-state index in [0.717, 1.165) is 29.9 Å². The lowest BCUT2D eigenvalue weighted by Crippen LogP contribution is -2.37. The van der Waals surface area contributed by atoms with Gasteiger partial charge in [-0.05, 0) is 31.7 Å². The van der Waals surface area contributed by atoms with E-state index in [-0.39, 0.29) is 12.1 Å². The third-order valence-electron chi connectivity index (χ3n) is 4.74. The van der Waals surface area contributed by atoms with Crippen LogP contribution in [0.25, 0.3) is 0 Å². The summed E-state index contributed by atoms with van der Waals surface area (Å²) in [5.41, 5.74) is 8.95. The van der Waals surface area contributed by atoms with E-state index in [9.17, 15) is 0 Å². The summed E-state index contributed by atoms with van der Waals surface area (Å²) in [7, 11) is 1.68. The molecular weight excluding hydrogens is 262 g/mol. The molecular formula is C18H25NO2. The van der Waals surface area contributed by atoms with Crippen LogP contribution in [0, 0.1) is 11.8 Å². The molecule has 3 nitrogen and oxygen atoms in total.